The molecule has 0 amide bonds. The number of nitrogens with zero attached hydrogens (tertiary/aromatic N) is 1. The molecule has 0 saturated heterocycles. The molecule has 25 heavy (non-hydrogen) atoms. The van der Waals surface area contributed by atoms with Crippen LogP contribution in [0.5, 0.6) is 0 Å². The molecule has 0 aliphatic rings. The molecule has 0 unspecified atom stereocenters. The van der Waals surface area contributed by atoms with E-state index in [0.717, 1.165) is 31.6 Å². The van der Waals surface area contributed by atoms with Gasteiger partial charge >= 0.3 is 0 Å². The lowest BCUT2D eigenvalue weighted by Crippen LogP contribution is -2.32. The van der Waals surface area contributed by atoms with Gasteiger partial charge in [-0.1, -0.05) is 102 Å². The average molecular weight is 348 g/mol. The summed E-state index contributed by atoms with van der Waals surface area (Å²) in [5, 5.41) is 10.9. The van der Waals surface area contributed by atoms with Crippen LogP contribution >= 0.6 is 0 Å². The molecule has 0 bridgehead atoms. The molecule has 1 aromatic carbocycles. The molecule has 0 aliphatic carbocycles. The molecule has 144 valence electrons. The van der Waals surface area contributed by atoms with E-state index in [4.69, 9.17) is 0 Å². The van der Waals surface area contributed by atoms with Crippen molar-refractivity contribution in [3.8, 4) is 0 Å². The molecule has 2 nitrogen and oxygen atoms in total. The molecule has 2 heteroatoms. The zero-order valence-electron chi connectivity index (χ0n) is 16.9. The van der Waals surface area contributed by atoms with Gasteiger partial charge in [-0.15, -0.1) is 0 Å². The van der Waals surface area contributed by atoms with Crippen molar-refractivity contribution in [1.82, 2.24) is 4.90 Å². The minimum absolute atomic E-state index is 0.336. The molecule has 0 radical (unpaired) electrons. The second-order valence-corrected chi connectivity index (χ2v) is 7.36. The summed E-state index contributed by atoms with van der Waals surface area (Å²) in [7, 11) is 0. The Hall–Kier alpha value is -0.860. The highest BCUT2D eigenvalue weighted by molar-refractivity contribution is 5.18. The van der Waals surface area contributed by atoms with Crippen LogP contribution in [0.15, 0.2) is 30.3 Å². The van der Waals surface area contributed by atoms with E-state index in [2.05, 4.69) is 37.8 Å². The number of rotatable bonds is 15. The first-order chi connectivity index (χ1) is 12.2. The van der Waals surface area contributed by atoms with Crippen molar-refractivity contribution in [2.24, 2.45) is 5.92 Å². The zero-order chi connectivity index (χ0) is 18.3. The Morgan fingerprint density at radius 2 is 1.36 bits per heavy atom. The zero-order valence-corrected chi connectivity index (χ0v) is 16.9. The van der Waals surface area contributed by atoms with Crippen LogP contribution in [0.4, 0.5) is 0 Å². The van der Waals surface area contributed by atoms with Gasteiger partial charge in [0.25, 0.3) is 0 Å². The van der Waals surface area contributed by atoms with Gasteiger partial charge in [0.1, 0.15) is 0 Å². The second kappa shape index (κ2) is 14.3. The Kier molecular flexibility index (Phi) is 12.7. The minimum Gasteiger partial charge on any atom is -0.388 e. The smallest absolute Gasteiger partial charge is 0.0830 e. The summed E-state index contributed by atoms with van der Waals surface area (Å²) in [5.41, 5.74) is 1.07. The van der Waals surface area contributed by atoms with Gasteiger partial charge in [-0.3, -0.25) is 0 Å². The summed E-state index contributed by atoms with van der Waals surface area (Å²) >= 11 is 0. The van der Waals surface area contributed by atoms with Gasteiger partial charge in [0, 0.05) is 12.5 Å². The third-order valence-corrected chi connectivity index (χ3v) is 5.40. The normalized spacial score (nSPS) is 14.0. The van der Waals surface area contributed by atoms with Crippen molar-refractivity contribution >= 4 is 0 Å². The molecule has 0 heterocycles. The van der Waals surface area contributed by atoms with Crippen molar-refractivity contribution in [2.75, 3.05) is 19.6 Å². The molecule has 2 atom stereocenters. The third kappa shape index (κ3) is 9.42. The molecule has 0 aliphatic heterocycles. The topological polar surface area (TPSA) is 23.5 Å². The van der Waals surface area contributed by atoms with Crippen LogP contribution < -0.4 is 0 Å². The fourth-order valence-corrected chi connectivity index (χ4v) is 3.63. The van der Waals surface area contributed by atoms with Gasteiger partial charge in [0.15, 0.2) is 0 Å². The molecule has 0 aromatic heterocycles. The number of aliphatic hydroxyl groups is 1. The van der Waals surface area contributed by atoms with Crippen LogP contribution in [0.2, 0.25) is 0 Å². The Bertz CT molecular complexity index is 402. The Balaban J connectivity index is 2.43. The van der Waals surface area contributed by atoms with Gasteiger partial charge in [-0.25, -0.2) is 0 Å². The maximum Gasteiger partial charge on any atom is 0.0830 e. The SMILES string of the molecule is CCCCCCCCCC[C@H](CN(CC)CC)[C@@H](O)c1ccccc1. The van der Waals surface area contributed by atoms with Crippen molar-refractivity contribution in [2.45, 2.75) is 84.7 Å². The summed E-state index contributed by atoms with van der Waals surface area (Å²) in [4.78, 5) is 2.45. The Morgan fingerprint density at radius 3 is 1.92 bits per heavy atom. The van der Waals surface area contributed by atoms with E-state index in [9.17, 15) is 5.11 Å². The predicted molar refractivity (Wildman–Crippen MR) is 110 cm³/mol. The summed E-state index contributed by atoms with van der Waals surface area (Å²) in [5.74, 6) is 0.336. The fourth-order valence-electron chi connectivity index (χ4n) is 3.63. The largest absolute Gasteiger partial charge is 0.388 e. The molecular formula is C23H41NO. The van der Waals surface area contributed by atoms with E-state index in [0.29, 0.717) is 5.92 Å². The molecular weight excluding hydrogens is 306 g/mol. The highest BCUT2D eigenvalue weighted by Gasteiger charge is 2.22. The van der Waals surface area contributed by atoms with Gasteiger partial charge in [-0.2, -0.15) is 0 Å². The quantitative estimate of drug-likeness (QED) is 0.381. The van der Waals surface area contributed by atoms with Crippen LogP contribution in [-0.2, 0) is 0 Å². The van der Waals surface area contributed by atoms with Crippen LogP contribution in [0.25, 0.3) is 0 Å². The number of aliphatic hydroxyl groups excluding tert-OH is 1. The first-order valence-corrected chi connectivity index (χ1v) is 10.7. The molecule has 0 spiro atoms. The third-order valence-electron chi connectivity index (χ3n) is 5.40. The van der Waals surface area contributed by atoms with E-state index in [-0.39, 0.29) is 6.10 Å². The van der Waals surface area contributed by atoms with Crippen molar-refractivity contribution in [1.29, 1.82) is 0 Å². The second-order valence-electron chi connectivity index (χ2n) is 7.36. The fraction of sp³-hybridized carbons (Fsp3) is 0.739. The number of hydrogen-bond donors (Lipinski definition) is 1. The monoisotopic (exact) mass is 347 g/mol. The minimum atomic E-state index is -0.341. The lowest BCUT2D eigenvalue weighted by molar-refractivity contribution is 0.0746. The maximum absolute atomic E-state index is 10.9. The molecule has 1 aromatic rings. The van der Waals surface area contributed by atoms with Crippen molar-refractivity contribution in [3.63, 3.8) is 0 Å². The van der Waals surface area contributed by atoms with Gasteiger partial charge in [-0.05, 0) is 25.1 Å². The van der Waals surface area contributed by atoms with Gasteiger partial charge < -0.3 is 10.0 Å². The number of benzene rings is 1. The predicted octanol–water partition coefficient (Wildman–Crippen LogP) is 6.21. The number of unbranched alkanes of at least 4 members (excludes halogenated alkanes) is 7. The van der Waals surface area contributed by atoms with Crippen LogP contribution in [0.3, 0.4) is 0 Å². The molecule has 1 rings (SSSR count). The summed E-state index contributed by atoms with van der Waals surface area (Å²) in [6.45, 7) is 9.82. The van der Waals surface area contributed by atoms with Gasteiger partial charge in [0.2, 0.25) is 0 Å². The van der Waals surface area contributed by atoms with E-state index in [1.165, 1.54) is 51.4 Å². The van der Waals surface area contributed by atoms with Gasteiger partial charge in [0.05, 0.1) is 6.10 Å². The van der Waals surface area contributed by atoms with Crippen LogP contribution in [0.1, 0.15) is 90.2 Å². The van der Waals surface area contributed by atoms with Crippen molar-refractivity contribution < 1.29 is 5.11 Å². The first kappa shape index (κ1) is 22.2. The Labute approximate surface area is 156 Å². The molecule has 0 saturated carbocycles. The van der Waals surface area contributed by atoms with E-state index in [1.54, 1.807) is 0 Å². The molecule has 1 N–H and O–H groups in total. The molecule has 0 fully saturated rings. The van der Waals surface area contributed by atoms with E-state index < -0.39 is 0 Å². The van der Waals surface area contributed by atoms with Crippen LogP contribution in [-0.4, -0.2) is 29.6 Å². The first-order valence-electron chi connectivity index (χ1n) is 10.7. The summed E-state index contributed by atoms with van der Waals surface area (Å²) in [6.07, 6.45) is 11.6. The maximum atomic E-state index is 10.9. The average Bonchev–Trinajstić information content (AvgIpc) is 2.66. The summed E-state index contributed by atoms with van der Waals surface area (Å²) < 4.78 is 0. The lowest BCUT2D eigenvalue weighted by atomic mass is 9.90. The summed E-state index contributed by atoms with van der Waals surface area (Å²) in [6, 6.07) is 10.2. The standard InChI is InChI=1S/C23H41NO/c1-4-7-8-9-10-11-12-14-19-22(20-24(5-2)6-3)23(25)21-17-15-13-16-18-21/h13,15-18,22-23,25H,4-12,14,19-20H2,1-3H3/t22-,23+/m1/s1. The highest BCUT2D eigenvalue weighted by atomic mass is 16.3. The van der Waals surface area contributed by atoms with E-state index >= 15 is 0 Å². The Morgan fingerprint density at radius 1 is 0.800 bits per heavy atom. The van der Waals surface area contributed by atoms with Crippen molar-refractivity contribution in [3.05, 3.63) is 35.9 Å². The highest BCUT2D eigenvalue weighted by Crippen LogP contribution is 2.27. The van der Waals surface area contributed by atoms with E-state index in [1.807, 2.05) is 18.2 Å². The van der Waals surface area contributed by atoms with Crippen LogP contribution in [0, 0.1) is 5.92 Å². The lowest BCUT2D eigenvalue weighted by Gasteiger charge is -2.29. The number of hydrogen-bond acceptors (Lipinski definition) is 2.